The van der Waals surface area contributed by atoms with Crippen molar-refractivity contribution in [3.63, 3.8) is 0 Å². The number of anilines is 2. The summed E-state index contributed by atoms with van der Waals surface area (Å²) in [7, 11) is 0. The van der Waals surface area contributed by atoms with Crippen LogP contribution in [0.15, 0.2) is 55.1 Å². The summed E-state index contributed by atoms with van der Waals surface area (Å²) in [5, 5.41) is 4.33. The van der Waals surface area contributed by atoms with Crippen LogP contribution in [-0.4, -0.2) is 31.2 Å². The Morgan fingerprint density at radius 1 is 1.19 bits per heavy atom. The minimum absolute atomic E-state index is 0. The molecule has 0 aliphatic heterocycles. The van der Waals surface area contributed by atoms with E-state index in [1.54, 1.807) is 12.4 Å². The third-order valence-electron chi connectivity index (χ3n) is 4.33. The van der Waals surface area contributed by atoms with Gasteiger partial charge in [-0.15, -0.1) is 5.92 Å². The Labute approximate surface area is 194 Å². The largest absolute Gasteiger partial charge is 1.00 e. The van der Waals surface area contributed by atoms with Crippen molar-refractivity contribution in [3.8, 4) is 11.3 Å². The van der Waals surface area contributed by atoms with Gasteiger partial charge in [0.1, 0.15) is 17.5 Å². The zero-order valence-electron chi connectivity index (χ0n) is 17.8. The number of fused-ring (bicyclic) bond motifs is 1. The fourth-order valence-electron chi connectivity index (χ4n) is 2.98. The number of hydrogen-bond donors (Lipinski definition) is 2. The number of nitrogens with one attached hydrogen (secondary N) is 2. The molecule has 0 aliphatic carbocycles. The molecular weight excluding hydrogens is 383 g/mol. The Hall–Kier alpha value is -3.01. The first-order valence-corrected chi connectivity index (χ1v) is 9.56. The van der Waals surface area contributed by atoms with E-state index in [1.807, 2.05) is 42.7 Å². The number of aromatic nitrogens is 5. The predicted molar refractivity (Wildman–Crippen MR) is 119 cm³/mol. The number of rotatable bonds is 6. The average molecular weight is 406 g/mol. The number of hydrogen-bond acceptors (Lipinski definition) is 6. The molecule has 1 atom stereocenters. The van der Waals surface area contributed by atoms with E-state index in [2.05, 4.69) is 39.1 Å². The maximum Gasteiger partial charge on any atom is 1.00 e. The maximum atomic E-state index is 8.68. The molecule has 154 valence electrons. The number of carbonyl (C=O) groups excluding carboxylic acids is 1. The fraction of sp³-hybridized carbons (Fsp3) is 0.174. The normalized spacial score (nSPS) is 11.1. The van der Waals surface area contributed by atoms with Gasteiger partial charge < -0.3 is 28.9 Å². The van der Waals surface area contributed by atoms with Crippen LogP contribution in [-0.2, 0) is 4.79 Å². The van der Waals surface area contributed by atoms with Crippen molar-refractivity contribution in [2.24, 2.45) is 0 Å². The smallest absolute Gasteiger partial charge is 0.542 e. The third-order valence-corrected chi connectivity index (χ3v) is 4.33. The fourth-order valence-corrected chi connectivity index (χ4v) is 2.98. The topological polar surface area (TPSA) is 96.5 Å². The molecule has 0 aromatic carbocycles. The molecular formula is C23H23LiN6O-2. The Morgan fingerprint density at radius 2 is 2.00 bits per heavy atom. The zero-order valence-corrected chi connectivity index (χ0v) is 17.8. The van der Waals surface area contributed by atoms with Gasteiger partial charge in [0.05, 0.1) is 17.4 Å². The van der Waals surface area contributed by atoms with Crippen LogP contribution in [0.5, 0.6) is 0 Å². The van der Waals surface area contributed by atoms with E-state index in [1.165, 1.54) is 13.2 Å². The molecule has 4 heterocycles. The monoisotopic (exact) mass is 406 g/mol. The van der Waals surface area contributed by atoms with Crippen molar-refractivity contribution in [3.05, 3.63) is 74.8 Å². The van der Waals surface area contributed by atoms with Crippen LogP contribution in [0.4, 0.5) is 11.6 Å². The van der Waals surface area contributed by atoms with Crippen LogP contribution in [0.1, 0.15) is 31.5 Å². The summed E-state index contributed by atoms with van der Waals surface area (Å²) in [4.78, 5) is 30.0. The Morgan fingerprint density at radius 3 is 2.71 bits per heavy atom. The summed E-state index contributed by atoms with van der Waals surface area (Å²) in [5.41, 5.74) is 2.72. The first-order valence-electron chi connectivity index (χ1n) is 9.56. The molecule has 0 saturated carbocycles. The van der Waals surface area contributed by atoms with Crippen molar-refractivity contribution in [2.45, 2.75) is 25.7 Å². The molecule has 8 heteroatoms. The molecule has 0 aliphatic rings. The van der Waals surface area contributed by atoms with Crippen molar-refractivity contribution in [1.82, 2.24) is 24.9 Å². The Kier molecular flexibility index (Phi) is 9.38. The van der Waals surface area contributed by atoms with Gasteiger partial charge in [-0.2, -0.15) is 13.3 Å². The van der Waals surface area contributed by atoms with E-state index in [0.717, 1.165) is 40.8 Å². The summed E-state index contributed by atoms with van der Waals surface area (Å²) < 4.78 is 0. The second-order valence-electron chi connectivity index (χ2n) is 6.51. The standard InChI is InChI=1S/C21H20N6.C2H3O.Li/c1-3-6-14(2)21-25-17(16-12-22-13-18-15(16)8-10-23-18)11-20(27-21)26-19-7-4-5-9-24-19;1-2-3;/h4-5,7-14,23H,1-3,6H2,(H,24,25,26,27);1H3;/q-2;-1;+1. The average Bonchev–Trinajstić information content (AvgIpc) is 3.24. The van der Waals surface area contributed by atoms with Gasteiger partial charge >= 0.3 is 18.9 Å². The van der Waals surface area contributed by atoms with Gasteiger partial charge in [0.2, 0.25) is 0 Å². The predicted octanol–water partition coefficient (Wildman–Crippen LogP) is 1.81. The molecule has 4 aromatic rings. The third kappa shape index (κ3) is 6.23. The number of H-pyrrole nitrogens is 1. The second-order valence-corrected chi connectivity index (χ2v) is 6.51. The number of aromatic amines is 1. The molecule has 4 aromatic heterocycles. The summed E-state index contributed by atoms with van der Waals surface area (Å²) >= 11 is 0. The van der Waals surface area contributed by atoms with Gasteiger partial charge in [-0.3, -0.25) is 11.3 Å². The van der Waals surface area contributed by atoms with Gasteiger partial charge in [-0.1, -0.05) is 12.5 Å². The van der Waals surface area contributed by atoms with Crippen molar-refractivity contribution in [2.75, 3.05) is 5.32 Å². The SMILES string of the molecule is C[C-]=O.[CH2-]CCC([CH2-])c1nc(Nc2ccccn2)cc(-c2cncc3[nH]ccc23)n1.[Li+]. The van der Waals surface area contributed by atoms with E-state index in [0.29, 0.717) is 11.6 Å². The van der Waals surface area contributed by atoms with E-state index >= 15 is 0 Å². The Balaban J connectivity index is 0.000000808. The van der Waals surface area contributed by atoms with Gasteiger partial charge in [0.15, 0.2) is 0 Å². The summed E-state index contributed by atoms with van der Waals surface area (Å²) in [5.74, 6) is 2.05. The molecule has 31 heavy (non-hydrogen) atoms. The summed E-state index contributed by atoms with van der Waals surface area (Å²) in [6, 6.07) is 9.64. The van der Waals surface area contributed by atoms with Crippen molar-refractivity contribution < 1.29 is 23.7 Å². The minimum Gasteiger partial charge on any atom is -0.542 e. The molecule has 0 radical (unpaired) electrons. The second kappa shape index (κ2) is 12.0. The van der Waals surface area contributed by atoms with E-state index < -0.39 is 0 Å². The van der Waals surface area contributed by atoms with E-state index in [-0.39, 0.29) is 24.8 Å². The molecule has 0 saturated heterocycles. The molecule has 1 unspecified atom stereocenters. The van der Waals surface area contributed by atoms with Crippen LogP contribution in [0, 0.1) is 13.8 Å². The molecule has 0 amide bonds. The molecule has 0 bridgehead atoms. The minimum atomic E-state index is -0.0369. The van der Waals surface area contributed by atoms with E-state index in [9.17, 15) is 0 Å². The van der Waals surface area contributed by atoms with Crippen molar-refractivity contribution >= 4 is 28.8 Å². The molecule has 2 N–H and O–H groups in total. The van der Waals surface area contributed by atoms with E-state index in [4.69, 9.17) is 9.78 Å². The first-order chi connectivity index (χ1) is 14.7. The van der Waals surface area contributed by atoms with Gasteiger partial charge in [-0.25, -0.2) is 15.0 Å². The summed E-state index contributed by atoms with van der Waals surface area (Å²) in [6.07, 6.45) is 10.4. The Bertz CT molecular complexity index is 1100. The number of pyridine rings is 2. The van der Waals surface area contributed by atoms with Crippen LogP contribution in [0.2, 0.25) is 0 Å². The van der Waals surface area contributed by atoms with Crippen LogP contribution >= 0.6 is 0 Å². The molecule has 7 nitrogen and oxygen atoms in total. The number of nitrogens with zero attached hydrogens (tertiary/aromatic N) is 4. The van der Waals surface area contributed by atoms with Gasteiger partial charge in [0, 0.05) is 35.6 Å². The van der Waals surface area contributed by atoms with Crippen molar-refractivity contribution in [1.29, 1.82) is 0 Å². The first kappa shape index (κ1) is 24.3. The van der Waals surface area contributed by atoms with Crippen LogP contribution in [0.3, 0.4) is 0 Å². The zero-order chi connectivity index (χ0) is 21.3. The molecule has 4 rings (SSSR count). The van der Waals surface area contributed by atoms with Gasteiger partial charge in [-0.05, 0) is 18.2 Å². The maximum absolute atomic E-state index is 8.68. The molecule has 0 fully saturated rings. The van der Waals surface area contributed by atoms with Gasteiger partial charge in [0.25, 0.3) is 0 Å². The van der Waals surface area contributed by atoms with Crippen LogP contribution < -0.4 is 24.2 Å². The quantitative estimate of drug-likeness (QED) is 0.375. The molecule has 0 spiro atoms. The van der Waals surface area contributed by atoms with Crippen LogP contribution in [0.25, 0.3) is 22.2 Å². The summed E-state index contributed by atoms with van der Waals surface area (Å²) in [6.45, 7) is 9.44.